The smallest absolute Gasteiger partial charge is 0.870 e. The Labute approximate surface area is 127 Å². The molecule has 0 spiro atoms. The minimum atomic E-state index is -1.38. The van der Waals surface area contributed by atoms with Gasteiger partial charge in [-0.1, -0.05) is 12.1 Å². The molecule has 0 bridgehead atoms. The summed E-state index contributed by atoms with van der Waals surface area (Å²) in [7, 11) is 0. The van der Waals surface area contributed by atoms with Crippen LogP contribution >= 0.6 is 0 Å². The third-order valence-electron chi connectivity index (χ3n) is 1.35. The first kappa shape index (κ1) is 21.7. The second-order valence-corrected chi connectivity index (χ2v) is 3.23. The average Bonchev–Trinajstić information content (AvgIpc) is 2.19. The second-order valence-electron chi connectivity index (χ2n) is 2.53. The van der Waals surface area contributed by atoms with Crippen molar-refractivity contribution in [3.8, 4) is 0 Å². The van der Waals surface area contributed by atoms with Crippen molar-refractivity contribution in [1.29, 1.82) is 0 Å². The molecule has 0 aliphatic heterocycles. The summed E-state index contributed by atoms with van der Waals surface area (Å²) in [4.78, 5) is 20.6. The Balaban J connectivity index is -0.000000356. The van der Waals surface area contributed by atoms with Gasteiger partial charge in [0, 0.05) is 0 Å². The predicted molar refractivity (Wildman–Crippen MR) is 60.4 cm³/mol. The van der Waals surface area contributed by atoms with Crippen LogP contribution in [0.1, 0.15) is 27.6 Å². The molecule has 0 atom stereocenters. The fourth-order valence-corrected chi connectivity index (χ4v) is 0.779. The molecular formula is C10H13NaO5S. The van der Waals surface area contributed by atoms with E-state index in [9.17, 15) is 14.7 Å². The molecule has 0 saturated heterocycles. The second kappa shape index (κ2) is 11.9. The normalized spacial score (nSPS) is 7.65. The Bertz CT molecular complexity index is 327. The molecule has 5 nitrogen and oxygen atoms in total. The van der Waals surface area contributed by atoms with E-state index in [-0.39, 0.29) is 46.2 Å². The zero-order valence-corrected chi connectivity index (χ0v) is 12.6. The van der Waals surface area contributed by atoms with Crippen LogP contribution in [-0.4, -0.2) is 28.3 Å². The Hall–Kier alpha value is -0.530. The van der Waals surface area contributed by atoms with Gasteiger partial charge >= 0.3 is 35.5 Å². The molecule has 0 aliphatic rings. The number of hydrogen-bond acceptors (Lipinski definition) is 4. The van der Waals surface area contributed by atoms with Crippen LogP contribution < -0.4 is 34.7 Å². The van der Waals surface area contributed by atoms with Gasteiger partial charge in [-0.05, 0) is 37.2 Å². The SMILES string of the molecule is CC[SH2+].O=C([O-])c1cccc(C(=O)O)c1.[Na+].[OH-]. The number of carbonyl (C=O) groups excluding carboxylic acids is 1. The zero-order valence-electron chi connectivity index (χ0n) is 9.64. The molecule has 1 aromatic rings. The molecule has 0 heterocycles. The van der Waals surface area contributed by atoms with Crippen LogP contribution in [-0.2, 0) is 12.6 Å². The number of carbonyl (C=O) groups is 2. The third kappa shape index (κ3) is 9.20. The predicted octanol–water partition coefficient (Wildman–Crippen LogP) is -3.41. The molecule has 90 valence electrons. The largest absolute Gasteiger partial charge is 1.00 e. The van der Waals surface area contributed by atoms with E-state index in [1.807, 2.05) is 6.92 Å². The van der Waals surface area contributed by atoms with Gasteiger partial charge < -0.3 is 20.5 Å². The molecule has 2 N–H and O–H groups in total. The summed E-state index contributed by atoms with van der Waals surface area (Å²) in [6, 6.07) is 5.00. The minimum Gasteiger partial charge on any atom is -0.870 e. The molecule has 0 aromatic heterocycles. The molecule has 7 heteroatoms. The van der Waals surface area contributed by atoms with Gasteiger partial charge in [0.1, 0.15) is 5.75 Å². The molecule has 1 rings (SSSR count). The van der Waals surface area contributed by atoms with Gasteiger partial charge in [0.2, 0.25) is 0 Å². The van der Waals surface area contributed by atoms with Gasteiger partial charge in [-0.25, -0.2) is 4.79 Å². The van der Waals surface area contributed by atoms with Crippen molar-refractivity contribution in [2.75, 3.05) is 5.75 Å². The van der Waals surface area contributed by atoms with Gasteiger partial charge in [0.15, 0.2) is 0 Å². The number of benzene rings is 1. The van der Waals surface area contributed by atoms with Gasteiger partial charge in [0.05, 0.1) is 11.5 Å². The van der Waals surface area contributed by atoms with E-state index in [0.29, 0.717) is 0 Å². The van der Waals surface area contributed by atoms with Gasteiger partial charge in [0.25, 0.3) is 0 Å². The van der Waals surface area contributed by atoms with E-state index in [4.69, 9.17) is 5.11 Å². The topological polar surface area (TPSA) is 107 Å². The van der Waals surface area contributed by atoms with Crippen LogP contribution in [0.5, 0.6) is 0 Å². The van der Waals surface area contributed by atoms with Crippen LogP contribution in [0.3, 0.4) is 0 Å². The summed E-state index contributed by atoms with van der Waals surface area (Å²) in [5, 5.41) is 18.7. The molecule has 17 heavy (non-hydrogen) atoms. The molecule has 0 radical (unpaired) electrons. The summed E-state index contributed by atoms with van der Waals surface area (Å²) in [6.07, 6.45) is 0. The van der Waals surface area contributed by atoms with Crippen molar-refractivity contribution in [2.45, 2.75) is 6.92 Å². The number of carboxylic acids is 2. The van der Waals surface area contributed by atoms with E-state index in [1.165, 1.54) is 18.2 Å². The maximum absolute atomic E-state index is 10.4. The van der Waals surface area contributed by atoms with Crippen molar-refractivity contribution in [2.24, 2.45) is 0 Å². The third-order valence-corrected chi connectivity index (χ3v) is 1.35. The summed E-state index contributed by atoms with van der Waals surface area (Å²) >= 11 is 3.18. The number of rotatable bonds is 2. The van der Waals surface area contributed by atoms with Crippen LogP contribution in [0.2, 0.25) is 0 Å². The van der Waals surface area contributed by atoms with Crippen molar-refractivity contribution in [3.63, 3.8) is 0 Å². The molecular weight excluding hydrogens is 255 g/mol. The van der Waals surface area contributed by atoms with E-state index in [1.54, 1.807) is 0 Å². The monoisotopic (exact) mass is 268 g/mol. The molecule has 1 aromatic carbocycles. The minimum absolute atomic E-state index is 0. The van der Waals surface area contributed by atoms with E-state index in [2.05, 4.69) is 12.6 Å². The average molecular weight is 268 g/mol. The van der Waals surface area contributed by atoms with Crippen molar-refractivity contribution < 1.29 is 54.8 Å². The van der Waals surface area contributed by atoms with Crippen LogP contribution in [0, 0.1) is 0 Å². The van der Waals surface area contributed by atoms with Gasteiger partial charge in [-0.2, -0.15) is 0 Å². The first-order valence-corrected chi connectivity index (χ1v) is 4.93. The zero-order chi connectivity index (χ0) is 11.8. The summed E-state index contributed by atoms with van der Waals surface area (Å²) < 4.78 is 0. The Morgan fingerprint density at radius 2 is 1.76 bits per heavy atom. The number of carboxylic acid groups (broad SMARTS) is 2. The maximum atomic E-state index is 10.4. The summed E-state index contributed by atoms with van der Waals surface area (Å²) in [5.74, 6) is -1.48. The van der Waals surface area contributed by atoms with Gasteiger partial charge in [-0.15, -0.1) is 0 Å². The molecule has 0 saturated carbocycles. The first-order chi connectivity index (χ1) is 7.02. The van der Waals surface area contributed by atoms with Crippen LogP contribution in [0.25, 0.3) is 0 Å². The van der Waals surface area contributed by atoms with Crippen LogP contribution in [0.15, 0.2) is 24.3 Å². The van der Waals surface area contributed by atoms with E-state index >= 15 is 0 Å². The molecule has 0 fully saturated rings. The molecule has 0 aliphatic carbocycles. The van der Waals surface area contributed by atoms with Crippen molar-refractivity contribution in [3.05, 3.63) is 35.4 Å². The van der Waals surface area contributed by atoms with E-state index < -0.39 is 11.9 Å². The maximum Gasteiger partial charge on any atom is 1.00 e. The van der Waals surface area contributed by atoms with Crippen molar-refractivity contribution >= 4 is 24.6 Å². The van der Waals surface area contributed by atoms with Gasteiger partial charge in [-0.3, -0.25) is 0 Å². The summed E-state index contributed by atoms with van der Waals surface area (Å²) in [5.41, 5.74) is -0.188. The number of hydrogen-bond donors (Lipinski definition) is 1. The van der Waals surface area contributed by atoms with Crippen molar-refractivity contribution in [1.82, 2.24) is 0 Å². The molecule has 0 amide bonds. The van der Waals surface area contributed by atoms with E-state index in [0.717, 1.165) is 11.8 Å². The molecule has 0 unspecified atom stereocenters. The Morgan fingerprint density at radius 3 is 2.12 bits per heavy atom. The fraction of sp³-hybridized carbons (Fsp3) is 0.200. The standard InChI is InChI=1S/C8H6O4.C2H6S.Na.H2O/c9-7(10)5-2-1-3-6(4-5)8(11)12;1-2-3;;/h1-4H,(H,9,10)(H,11,12);3H,2H2,1H3;;1H2/q;;+1;/p-1. The number of aromatic carboxylic acids is 2. The quantitative estimate of drug-likeness (QED) is 0.444. The Kier molecular flexibility index (Phi) is 15.3. The fourth-order valence-electron chi connectivity index (χ4n) is 0.779. The van der Waals surface area contributed by atoms with Crippen LogP contribution in [0.4, 0.5) is 0 Å². The first-order valence-electron chi connectivity index (χ1n) is 4.22. The Morgan fingerprint density at radius 1 is 1.35 bits per heavy atom. The summed E-state index contributed by atoms with van der Waals surface area (Å²) in [6.45, 7) is 2.04.